The van der Waals surface area contributed by atoms with Gasteiger partial charge in [-0.3, -0.25) is 4.79 Å². The van der Waals surface area contributed by atoms with Crippen LogP contribution < -0.4 is 10.9 Å². The third-order valence-electron chi connectivity index (χ3n) is 3.60. The van der Waals surface area contributed by atoms with E-state index in [9.17, 15) is 14.0 Å². The third-order valence-corrected chi connectivity index (χ3v) is 3.60. The summed E-state index contributed by atoms with van der Waals surface area (Å²) in [5.74, 6) is -0.872. The first kappa shape index (κ1) is 15.0. The molecule has 1 amide bonds. The summed E-state index contributed by atoms with van der Waals surface area (Å²) in [6.45, 7) is 1.76. The Morgan fingerprint density at radius 1 is 1.13 bits per heavy atom. The van der Waals surface area contributed by atoms with Crippen LogP contribution in [0.15, 0.2) is 63.8 Å². The van der Waals surface area contributed by atoms with Crippen molar-refractivity contribution < 1.29 is 13.6 Å². The van der Waals surface area contributed by atoms with Crippen LogP contribution in [0.25, 0.3) is 11.0 Å². The molecule has 0 bridgehead atoms. The van der Waals surface area contributed by atoms with E-state index < -0.39 is 11.5 Å². The molecule has 0 saturated heterocycles. The maximum atomic E-state index is 12.9. The van der Waals surface area contributed by atoms with E-state index in [4.69, 9.17) is 4.42 Å². The number of rotatable bonds is 3. The Hall–Kier alpha value is -2.95. The number of para-hydroxylation sites is 1. The molecule has 3 aromatic rings. The quantitative estimate of drug-likeness (QED) is 0.754. The van der Waals surface area contributed by atoms with Gasteiger partial charge in [0.2, 0.25) is 0 Å². The zero-order valence-corrected chi connectivity index (χ0v) is 12.4. The number of hydrogen-bond donors (Lipinski definition) is 1. The number of amides is 1. The first-order chi connectivity index (χ1) is 11.0. The molecule has 1 unspecified atom stereocenters. The van der Waals surface area contributed by atoms with E-state index in [1.54, 1.807) is 43.3 Å². The van der Waals surface area contributed by atoms with Gasteiger partial charge >= 0.3 is 5.63 Å². The number of halogens is 1. The molecule has 23 heavy (non-hydrogen) atoms. The molecule has 116 valence electrons. The fourth-order valence-electron chi connectivity index (χ4n) is 2.33. The topological polar surface area (TPSA) is 59.3 Å². The largest absolute Gasteiger partial charge is 0.422 e. The highest BCUT2D eigenvalue weighted by molar-refractivity contribution is 5.96. The molecule has 1 aromatic heterocycles. The minimum Gasteiger partial charge on any atom is -0.422 e. The van der Waals surface area contributed by atoms with Crippen molar-refractivity contribution in [3.05, 3.63) is 82.0 Å². The van der Waals surface area contributed by atoms with E-state index in [1.165, 1.54) is 18.2 Å². The summed E-state index contributed by atoms with van der Waals surface area (Å²) in [6, 6.07) is 13.9. The first-order valence-corrected chi connectivity index (χ1v) is 7.14. The van der Waals surface area contributed by atoms with Crippen molar-refractivity contribution in [1.82, 2.24) is 5.32 Å². The highest BCUT2D eigenvalue weighted by Crippen LogP contribution is 2.15. The maximum absolute atomic E-state index is 12.9. The molecule has 0 radical (unpaired) electrons. The SMILES string of the molecule is CC(NC(=O)c1cc2ccccc2oc1=O)c1ccc(F)cc1. The summed E-state index contributed by atoms with van der Waals surface area (Å²) in [4.78, 5) is 24.3. The van der Waals surface area contributed by atoms with Gasteiger partial charge in [-0.05, 0) is 36.8 Å². The van der Waals surface area contributed by atoms with E-state index >= 15 is 0 Å². The molecule has 0 aliphatic carbocycles. The number of carbonyl (C=O) groups excluding carboxylic acids is 1. The molecule has 2 aromatic carbocycles. The molecule has 3 rings (SSSR count). The van der Waals surface area contributed by atoms with Gasteiger partial charge in [-0.1, -0.05) is 30.3 Å². The fourth-order valence-corrected chi connectivity index (χ4v) is 2.33. The number of nitrogens with one attached hydrogen (secondary N) is 1. The first-order valence-electron chi connectivity index (χ1n) is 7.14. The van der Waals surface area contributed by atoms with Crippen LogP contribution in [0.2, 0.25) is 0 Å². The average molecular weight is 311 g/mol. The van der Waals surface area contributed by atoms with E-state index in [0.29, 0.717) is 11.0 Å². The van der Waals surface area contributed by atoms with Crippen molar-refractivity contribution in [1.29, 1.82) is 0 Å². The van der Waals surface area contributed by atoms with Crippen LogP contribution in [-0.4, -0.2) is 5.91 Å². The number of hydrogen-bond acceptors (Lipinski definition) is 3. The normalized spacial score (nSPS) is 12.1. The molecule has 1 heterocycles. The van der Waals surface area contributed by atoms with Gasteiger partial charge in [0.1, 0.15) is 17.0 Å². The molecule has 1 N–H and O–H groups in total. The minimum atomic E-state index is -0.687. The second kappa shape index (κ2) is 6.04. The highest BCUT2D eigenvalue weighted by Gasteiger charge is 2.16. The van der Waals surface area contributed by atoms with Gasteiger partial charge in [0.25, 0.3) is 5.91 Å². The molecule has 5 heteroatoms. The molecular formula is C18H14FNO3. The lowest BCUT2D eigenvalue weighted by Crippen LogP contribution is -2.30. The number of benzene rings is 2. The summed E-state index contributed by atoms with van der Waals surface area (Å²) in [5, 5.41) is 3.39. The van der Waals surface area contributed by atoms with Crippen molar-refractivity contribution in [2.75, 3.05) is 0 Å². The Kier molecular flexibility index (Phi) is 3.93. The molecular weight excluding hydrogens is 297 g/mol. The molecule has 4 nitrogen and oxygen atoms in total. The monoisotopic (exact) mass is 311 g/mol. The van der Waals surface area contributed by atoms with Gasteiger partial charge in [-0.25, -0.2) is 9.18 Å². The van der Waals surface area contributed by atoms with Crippen LogP contribution in [0.5, 0.6) is 0 Å². The van der Waals surface area contributed by atoms with Crippen molar-refractivity contribution in [2.24, 2.45) is 0 Å². The van der Waals surface area contributed by atoms with Crippen LogP contribution in [0.4, 0.5) is 4.39 Å². The van der Waals surface area contributed by atoms with Gasteiger partial charge in [0.15, 0.2) is 0 Å². The molecule has 0 saturated carbocycles. The van der Waals surface area contributed by atoms with Crippen LogP contribution in [-0.2, 0) is 0 Å². The van der Waals surface area contributed by atoms with Crippen LogP contribution in [0.3, 0.4) is 0 Å². The van der Waals surface area contributed by atoms with E-state index in [-0.39, 0.29) is 17.4 Å². The summed E-state index contributed by atoms with van der Waals surface area (Å²) >= 11 is 0. The molecule has 0 aliphatic rings. The van der Waals surface area contributed by atoms with Gasteiger partial charge in [0.05, 0.1) is 6.04 Å². The molecule has 0 aliphatic heterocycles. The minimum absolute atomic E-state index is 0.0577. The average Bonchev–Trinajstić information content (AvgIpc) is 2.54. The number of fused-ring (bicyclic) bond motifs is 1. The summed E-state index contributed by atoms with van der Waals surface area (Å²) < 4.78 is 18.1. The zero-order valence-electron chi connectivity index (χ0n) is 12.4. The van der Waals surface area contributed by atoms with Crippen molar-refractivity contribution >= 4 is 16.9 Å². The second-order valence-electron chi connectivity index (χ2n) is 5.23. The van der Waals surface area contributed by atoms with Crippen LogP contribution >= 0.6 is 0 Å². The van der Waals surface area contributed by atoms with Crippen molar-refractivity contribution in [3.8, 4) is 0 Å². The molecule has 0 spiro atoms. The Labute approximate surface area is 131 Å². The Morgan fingerprint density at radius 3 is 2.57 bits per heavy atom. The Morgan fingerprint density at radius 2 is 1.83 bits per heavy atom. The third kappa shape index (κ3) is 3.13. The Bertz CT molecular complexity index is 915. The summed E-state index contributed by atoms with van der Waals surface area (Å²) in [5.41, 5.74) is 0.427. The fraction of sp³-hybridized carbons (Fsp3) is 0.111. The van der Waals surface area contributed by atoms with E-state index in [0.717, 1.165) is 5.56 Å². The van der Waals surface area contributed by atoms with Crippen molar-refractivity contribution in [2.45, 2.75) is 13.0 Å². The summed E-state index contributed by atoms with van der Waals surface area (Å²) in [7, 11) is 0. The second-order valence-corrected chi connectivity index (χ2v) is 5.23. The smallest absolute Gasteiger partial charge is 0.349 e. The lowest BCUT2D eigenvalue weighted by atomic mass is 10.1. The zero-order chi connectivity index (χ0) is 16.4. The molecule has 1 atom stereocenters. The molecule has 0 fully saturated rings. The van der Waals surface area contributed by atoms with Crippen molar-refractivity contribution in [3.63, 3.8) is 0 Å². The number of carbonyl (C=O) groups is 1. The predicted molar refractivity (Wildman–Crippen MR) is 84.8 cm³/mol. The standard InChI is InChI=1S/C18H14FNO3/c1-11(12-6-8-14(19)9-7-12)20-17(21)15-10-13-4-2-3-5-16(13)23-18(15)22/h2-11H,1H3,(H,20,21). The Balaban J connectivity index is 1.87. The van der Waals surface area contributed by atoms with E-state index in [1.807, 2.05) is 0 Å². The van der Waals surface area contributed by atoms with Gasteiger partial charge < -0.3 is 9.73 Å². The van der Waals surface area contributed by atoms with Crippen LogP contribution in [0.1, 0.15) is 28.9 Å². The van der Waals surface area contributed by atoms with E-state index in [2.05, 4.69) is 5.32 Å². The lowest BCUT2D eigenvalue weighted by molar-refractivity contribution is 0.0936. The van der Waals surface area contributed by atoms with Gasteiger partial charge in [0, 0.05) is 5.39 Å². The summed E-state index contributed by atoms with van der Waals surface area (Å²) in [6.07, 6.45) is 0. The van der Waals surface area contributed by atoms with Gasteiger partial charge in [-0.15, -0.1) is 0 Å². The van der Waals surface area contributed by atoms with Crippen LogP contribution in [0, 0.1) is 5.82 Å². The highest BCUT2D eigenvalue weighted by atomic mass is 19.1. The predicted octanol–water partition coefficient (Wildman–Crippen LogP) is 3.42. The van der Waals surface area contributed by atoms with Gasteiger partial charge in [-0.2, -0.15) is 0 Å². The maximum Gasteiger partial charge on any atom is 0.349 e. The lowest BCUT2D eigenvalue weighted by Gasteiger charge is -2.14.